The topological polar surface area (TPSA) is 120 Å². The highest BCUT2D eigenvalue weighted by Crippen LogP contribution is 2.25. The molecular formula is C35H40N2O8. The van der Waals surface area contributed by atoms with E-state index in [0.29, 0.717) is 51.3 Å². The number of aryl methyl sites for hydroxylation is 1. The van der Waals surface area contributed by atoms with Gasteiger partial charge in [-0.2, -0.15) is 0 Å². The number of carbonyl (C=O) groups is 4. The second kappa shape index (κ2) is 16.8. The van der Waals surface area contributed by atoms with Crippen LogP contribution in [0.5, 0.6) is 11.5 Å². The number of carbonyl (C=O) groups excluding carboxylic acids is 4. The van der Waals surface area contributed by atoms with Crippen LogP contribution in [-0.2, 0) is 25.5 Å². The first kappa shape index (κ1) is 33.0. The molecule has 45 heavy (non-hydrogen) atoms. The predicted molar refractivity (Wildman–Crippen MR) is 168 cm³/mol. The summed E-state index contributed by atoms with van der Waals surface area (Å²) in [7, 11) is 2.61. The fraction of sp³-hybridized carbons (Fsp3) is 0.371. The van der Waals surface area contributed by atoms with Gasteiger partial charge >= 0.3 is 11.9 Å². The average molecular weight is 617 g/mol. The fourth-order valence-electron chi connectivity index (χ4n) is 5.05. The zero-order valence-corrected chi connectivity index (χ0v) is 25.8. The van der Waals surface area contributed by atoms with E-state index in [-0.39, 0.29) is 41.2 Å². The molecule has 0 saturated carbocycles. The Balaban J connectivity index is 1.26. The maximum Gasteiger partial charge on any atom is 0.337 e. The van der Waals surface area contributed by atoms with Gasteiger partial charge in [0.25, 0.3) is 5.91 Å². The lowest BCUT2D eigenvalue weighted by Gasteiger charge is -2.31. The predicted octanol–water partition coefficient (Wildman–Crippen LogP) is 5.31. The van der Waals surface area contributed by atoms with Gasteiger partial charge in [0.15, 0.2) is 0 Å². The summed E-state index contributed by atoms with van der Waals surface area (Å²) < 4.78 is 21.2. The van der Waals surface area contributed by atoms with Crippen molar-refractivity contribution in [3.63, 3.8) is 0 Å². The third-order valence-corrected chi connectivity index (χ3v) is 7.65. The quantitative estimate of drug-likeness (QED) is 0.191. The Bertz CT molecular complexity index is 1430. The lowest BCUT2D eigenvalue weighted by atomic mass is 9.96. The number of benzene rings is 3. The molecule has 1 fully saturated rings. The van der Waals surface area contributed by atoms with Crippen molar-refractivity contribution >= 4 is 29.4 Å². The van der Waals surface area contributed by atoms with Crippen LogP contribution < -0.4 is 14.8 Å². The summed E-state index contributed by atoms with van der Waals surface area (Å²) in [5, 5.41) is 2.84. The number of piperidine rings is 1. The minimum absolute atomic E-state index is 0.191. The number of esters is 2. The van der Waals surface area contributed by atoms with Crippen LogP contribution in [0.2, 0.25) is 0 Å². The number of likely N-dealkylation sites (tertiary alicyclic amines) is 1. The molecule has 10 heteroatoms. The van der Waals surface area contributed by atoms with Crippen LogP contribution in [0.1, 0.15) is 58.4 Å². The van der Waals surface area contributed by atoms with Crippen molar-refractivity contribution in [1.82, 2.24) is 4.90 Å². The van der Waals surface area contributed by atoms with Crippen molar-refractivity contribution in [3.8, 4) is 11.5 Å². The Morgan fingerprint density at radius 3 is 2.07 bits per heavy atom. The van der Waals surface area contributed by atoms with Gasteiger partial charge in [0.1, 0.15) is 11.5 Å². The maximum atomic E-state index is 13.5. The molecule has 1 heterocycles. The number of hydrogen-bond donors (Lipinski definition) is 1. The molecule has 0 bridgehead atoms. The fourth-order valence-corrected chi connectivity index (χ4v) is 5.05. The zero-order valence-electron chi connectivity index (χ0n) is 25.8. The minimum atomic E-state index is -0.587. The van der Waals surface area contributed by atoms with E-state index < -0.39 is 5.97 Å². The number of unbranched alkanes of at least 4 members (excludes halogenated alkanes) is 1. The molecule has 0 atom stereocenters. The summed E-state index contributed by atoms with van der Waals surface area (Å²) in [5.74, 6) is -0.110. The van der Waals surface area contributed by atoms with Crippen LogP contribution >= 0.6 is 0 Å². The van der Waals surface area contributed by atoms with Crippen LogP contribution in [0.15, 0.2) is 72.8 Å². The highest BCUT2D eigenvalue weighted by molar-refractivity contribution is 6.05. The first-order valence-electron chi connectivity index (χ1n) is 15.2. The highest BCUT2D eigenvalue weighted by Gasteiger charge is 2.30. The SMILES string of the molecule is COC(=O)c1ccc(NC(=O)CCc2ccc(OCCCCOc3ccccc3)cc2)c(C(=O)N2CCC(C(=O)OC)CC2)c1. The number of methoxy groups -OCH3 is 2. The summed E-state index contributed by atoms with van der Waals surface area (Å²) in [5.41, 5.74) is 1.67. The number of rotatable bonds is 14. The molecule has 1 saturated heterocycles. The number of para-hydroxylation sites is 1. The standard InChI is InChI=1S/C35H40N2O8/c1-42-34(40)26-18-20-37(21-19-26)33(39)30-24-27(35(41)43-2)13-16-31(30)36-32(38)17-12-25-10-14-29(15-11-25)45-23-7-6-22-44-28-8-4-3-5-9-28/h3-5,8-11,13-16,24,26H,6-7,12,17-23H2,1-2H3,(H,36,38). The molecule has 2 amide bonds. The highest BCUT2D eigenvalue weighted by atomic mass is 16.5. The van der Waals surface area contributed by atoms with E-state index in [9.17, 15) is 19.2 Å². The summed E-state index contributed by atoms with van der Waals surface area (Å²) in [4.78, 5) is 52.1. The molecule has 0 spiro atoms. The van der Waals surface area contributed by atoms with E-state index in [0.717, 1.165) is 29.9 Å². The first-order chi connectivity index (χ1) is 21.9. The molecular weight excluding hydrogens is 576 g/mol. The van der Waals surface area contributed by atoms with E-state index in [1.807, 2.05) is 54.6 Å². The maximum absolute atomic E-state index is 13.5. The van der Waals surface area contributed by atoms with Crippen LogP contribution in [0.4, 0.5) is 5.69 Å². The normalized spacial score (nSPS) is 13.1. The van der Waals surface area contributed by atoms with Gasteiger partial charge in [-0.25, -0.2) is 4.79 Å². The van der Waals surface area contributed by atoms with Crippen molar-refractivity contribution < 1.29 is 38.1 Å². The number of amides is 2. The third kappa shape index (κ3) is 9.82. The van der Waals surface area contributed by atoms with Gasteiger partial charge in [0, 0.05) is 19.5 Å². The number of ether oxygens (including phenoxy) is 4. The molecule has 0 aliphatic carbocycles. The van der Waals surface area contributed by atoms with Crippen LogP contribution in [0, 0.1) is 5.92 Å². The van der Waals surface area contributed by atoms with Crippen LogP contribution in [0.3, 0.4) is 0 Å². The Kier molecular flexibility index (Phi) is 12.4. The van der Waals surface area contributed by atoms with Gasteiger partial charge in [0.05, 0.1) is 50.2 Å². The first-order valence-corrected chi connectivity index (χ1v) is 15.2. The summed E-state index contributed by atoms with van der Waals surface area (Å²) in [6, 6.07) is 21.8. The van der Waals surface area contributed by atoms with Gasteiger partial charge in [-0.05, 0) is 80.1 Å². The monoisotopic (exact) mass is 616 g/mol. The van der Waals surface area contributed by atoms with Crippen molar-refractivity contribution in [2.24, 2.45) is 5.92 Å². The van der Waals surface area contributed by atoms with E-state index in [4.69, 9.17) is 18.9 Å². The minimum Gasteiger partial charge on any atom is -0.494 e. The third-order valence-electron chi connectivity index (χ3n) is 7.65. The van der Waals surface area contributed by atoms with Gasteiger partial charge < -0.3 is 29.2 Å². The molecule has 0 aromatic heterocycles. The average Bonchev–Trinajstić information content (AvgIpc) is 3.09. The molecule has 1 aliphatic rings. The lowest BCUT2D eigenvalue weighted by molar-refractivity contribution is -0.146. The number of hydrogen-bond acceptors (Lipinski definition) is 8. The summed E-state index contributed by atoms with van der Waals surface area (Å²) in [6.07, 6.45) is 3.39. The van der Waals surface area contributed by atoms with Gasteiger partial charge in [0.2, 0.25) is 5.91 Å². The largest absolute Gasteiger partial charge is 0.494 e. The Hall–Kier alpha value is -4.86. The van der Waals surface area contributed by atoms with E-state index in [1.54, 1.807) is 11.0 Å². The smallest absolute Gasteiger partial charge is 0.337 e. The molecule has 1 aliphatic heterocycles. The van der Waals surface area contributed by atoms with Crippen LogP contribution in [0.25, 0.3) is 0 Å². The molecule has 3 aromatic carbocycles. The molecule has 10 nitrogen and oxygen atoms in total. The summed E-state index contributed by atoms with van der Waals surface area (Å²) >= 11 is 0. The van der Waals surface area contributed by atoms with E-state index in [2.05, 4.69) is 5.32 Å². The number of nitrogens with zero attached hydrogens (tertiary/aromatic N) is 1. The van der Waals surface area contributed by atoms with E-state index in [1.165, 1.54) is 26.4 Å². The summed E-state index contributed by atoms with van der Waals surface area (Å²) in [6.45, 7) is 1.93. The number of nitrogens with one attached hydrogen (secondary N) is 1. The van der Waals surface area contributed by atoms with Gasteiger partial charge in [-0.3, -0.25) is 14.4 Å². The number of anilines is 1. The van der Waals surface area contributed by atoms with E-state index >= 15 is 0 Å². The van der Waals surface area contributed by atoms with Crippen molar-refractivity contribution in [2.75, 3.05) is 45.8 Å². The Morgan fingerprint density at radius 2 is 1.44 bits per heavy atom. The molecule has 238 valence electrons. The Labute approximate surface area is 263 Å². The zero-order chi connectivity index (χ0) is 32.0. The molecule has 3 aromatic rings. The van der Waals surface area contributed by atoms with Crippen molar-refractivity contribution in [3.05, 3.63) is 89.5 Å². The second-order valence-electron chi connectivity index (χ2n) is 10.8. The molecule has 4 rings (SSSR count). The molecule has 0 radical (unpaired) electrons. The molecule has 0 unspecified atom stereocenters. The van der Waals surface area contributed by atoms with Gasteiger partial charge in [-0.1, -0.05) is 30.3 Å². The molecule has 1 N–H and O–H groups in total. The Morgan fingerprint density at radius 1 is 0.800 bits per heavy atom. The van der Waals surface area contributed by atoms with Crippen LogP contribution in [-0.4, -0.2) is 69.2 Å². The van der Waals surface area contributed by atoms with Crippen molar-refractivity contribution in [1.29, 1.82) is 0 Å². The van der Waals surface area contributed by atoms with Crippen molar-refractivity contribution in [2.45, 2.75) is 38.5 Å². The second-order valence-corrected chi connectivity index (χ2v) is 10.8. The lowest BCUT2D eigenvalue weighted by Crippen LogP contribution is -2.40. The van der Waals surface area contributed by atoms with Gasteiger partial charge in [-0.15, -0.1) is 0 Å².